The molecule has 12 aromatic rings. The number of nitrogens with zero attached hydrogens (tertiary/aromatic N) is 2. The predicted octanol–water partition coefficient (Wildman–Crippen LogP) is 16.5. The molecule has 4 nitrogen and oxygen atoms in total. The Balaban J connectivity index is 1.00. The van der Waals surface area contributed by atoms with Crippen LogP contribution in [0, 0.1) is 0 Å². The van der Waals surface area contributed by atoms with Gasteiger partial charge in [-0.25, -0.2) is 0 Å². The lowest BCUT2D eigenvalue weighted by molar-refractivity contribution is 0.669. The molecule has 3 heterocycles. The van der Waals surface area contributed by atoms with Gasteiger partial charge in [-0.05, 0) is 120 Å². The number of para-hydroxylation sites is 3. The number of hydrogen-bond acceptors (Lipinski definition) is 5. The molecule has 0 aliphatic carbocycles. The van der Waals surface area contributed by atoms with Crippen molar-refractivity contribution in [1.29, 1.82) is 0 Å². The Hall–Kier alpha value is -7.60. The summed E-state index contributed by atoms with van der Waals surface area (Å²) in [6.07, 6.45) is 0. The van der Waals surface area contributed by atoms with Crippen molar-refractivity contribution in [3.63, 3.8) is 0 Å². The molecule has 5 heteroatoms. The first-order chi connectivity index (χ1) is 29.2. The summed E-state index contributed by atoms with van der Waals surface area (Å²) in [6.45, 7) is 0. The molecule has 3 aromatic heterocycles. The van der Waals surface area contributed by atoms with Gasteiger partial charge in [-0.2, -0.15) is 0 Å². The van der Waals surface area contributed by atoms with E-state index in [4.69, 9.17) is 8.83 Å². The van der Waals surface area contributed by atoms with Gasteiger partial charge in [-0.3, -0.25) is 0 Å². The second-order valence-electron chi connectivity index (χ2n) is 14.9. The van der Waals surface area contributed by atoms with E-state index in [0.29, 0.717) is 0 Å². The highest BCUT2D eigenvalue weighted by molar-refractivity contribution is 7.25. The van der Waals surface area contributed by atoms with Gasteiger partial charge >= 0.3 is 0 Å². The number of furan rings is 2. The molecule has 9 aromatic carbocycles. The van der Waals surface area contributed by atoms with E-state index in [1.165, 1.54) is 20.2 Å². The molecule has 278 valence electrons. The molecular formula is C54H34N2O2S. The number of rotatable bonds is 7. The second kappa shape index (κ2) is 13.5. The lowest BCUT2D eigenvalue weighted by Crippen LogP contribution is -2.13. The normalized spacial score (nSPS) is 11.7. The van der Waals surface area contributed by atoms with Crippen LogP contribution in [0.2, 0.25) is 0 Å². The fourth-order valence-electron chi connectivity index (χ4n) is 8.66. The van der Waals surface area contributed by atoms with Gasteiger partial charge in [0, 0.05) is 81.9 Å². The molecule has 59 heavy (non-hydrogen) atoms. The fraction of sp³-hybridized carbons (Fsp3) is 0. The summed E-state index contributed by atoms with van der Waals surface area (Å²) in [5, 5.41) is 6.93. The van der Waals surface area contributed by atoms with Gasteiger partial charge in [-0.15, -0.1) is 11.3 Å². The molecule has 0 spiro atoms. The summed E-state index contributed by atoms with van der Waals surface area (Å²) in [5.41, 5.74) is 12.1. The van der Waals surface area contributed by atoms with Crippen LogP contribution < -0.4 is 9.80 Å². The topological polar surface area (TPSA) is 32.8 Å². The highest BCUT2D eigenvalue weighted by atomic mass is 32.1. The Morgan fingerprint density at radius 1 is 0.271 bits per heavy atom. The minimum absolute atomic E-state index is 0.834. The van der Waals surface area contributed by atoms with Gasteiger partial charge in [0.2, 0.25) is 0 Å². The summed E-state index contributed by atoms with van der Waals surface area (Å²) in [6, 6.07) is 73.2. The van der Waals surface area contributed by atoms with E-state index in [0.717, 1.165) is 89.1 Å². The Labute approximate surface area is 344 Å². The molecule has 0 aliphatic rings. The number of anilines is 6. The molecule has 0 radical (unpaired) electrons. The van der Waals surface area contributed by atoms with Gasteiger partial charge < -0.3 is 18.6 Å². The van der Waals surface area contributed by atoms with E-state index >= 15 is 0 Å². The Morgan fingerprint density at radius 2 is 0.780 bits per heavy atom. The quantitative estimate of drug-likeness (QED) is 0.161. The van der Waals surface area contributed by atoms with Crippen LogP contribution >= 0.6 is 11.3 Å². The molecule has 0 N–H and O–H groups in total. The van der Waals surface area contributed by atoms with Gasteiger partial charge in [0.25, 0.3) is 0 Å². The van der Waals surface area contributed by atoms with Gasteiger partial charge in [-0.1, -0.05) is 91.0 Å². The van der Waals surface area contributed by atoms with Crippen molar-refractivity contribution >= 4 is 110 Å². The van der Waals surface area contributed by atoms with Crippen molar-refractivity contribution in [3.8, 4) is 11.1 Å². The van der Waals surface area contributed by atoms with Crippen LogP contribution in [-0.2, 0) is 0 Å². The first kappa shape index (κ1) is 33.5. The summed E-state index contributed by atoms with van der Waals surface area (Å²) >= 11 is 1.83. The molecule has 0 atom stereocenters. The third kappa shape index (κ3) is 5.66. The van der Waals surface area contributed by atoms with E-state index in [1.807, 2.05) is 23.5 Å². The Kier molecular flexibility index (Phi) is 7.68. The van der Waals surface area contributed by atoms with Crippen LogP contribution in [0.15, 0.2) is 215 Å². The molecule has 0 saturated carbocycles. The molecular weight excluding hydrogens is 741 g/mol. The van der Waals surface area contributed by atoms with E-state index in [-0.39, 0.29) is 0 Å². The third-order valence-corrected chi connectivity index (χ3v) is 12.6. The second-order valence-corrected chi connectivity index (χ2v) is 16.0. The summed E-state index contributed by atoms with van der Waals surface area (Å²) in [7, 11) is 0. The largest absolute Gasteiger partial charge is 0.456 e. The van der Waals surface area contributed by atoms with E-state index in [1.54, 1.807) is 0 Å². The zero-order chi connectivity index (χ0) is 38.9. The monoisotopic (exact) mass is 774 g/mol. The number of benzene rings is 9. The van der Waals surface area contributed by atoms with Crippen LogP contribution in [0.4, 0.5) is 34.1 Å². The van der Waals surface area contributed by atoms with Crippen LogP contribution in [0.3, 0.4) is 0 Å². The van der Waals surface area contributed by atoms with Crippen LogP contribution in [0.25, 0.3) is 75.2 Å². The Bertz CT molecular complexity index is 3490. The molecule has 0 bridgehead atoms. The van der Waals surface area contributed by atoms with E-state index in [9.17, 15) is 0 Å². The predicted molar refractivity (Wildman–Crippen MR) is 249 cm³/mol. The average Bonchev–Trinajstić information content (AvgIpc) is 3.98. The summed E-state index contributed by atoms with van der Waals surface area (Å²) in [5.74, 6) is 0. The maximum absolute atomic E-state index is 6.66. The minimum Gasteiger partial charge on any atom is -0.456 e. The van der Waals surface area contributed by atoms with Crippen LogP contribution in [-0.4, -0.2) is 0 Å². The fourth-order valence-corrected chi connectivity index (χ4v) is 9.75. The number of fused-ring (bicyclic) bond motifs is 9. The third-order valence-electron chi connectivity index (χ3n) is 11.4. The maximum Gasteiger partial charge on any atom is 0.137 e. The first-order valence-electron chi connectivity index (χ1n) is 19.8. The van der Waals surface area contributed by atoms with Gasteiger partial charge in [0.1, 0.15) is 22.3 Å². The lowest BCUT2D eigenvalue weighted by Gasteiger charge is -2.29. The summed E-state index contributed by atoms with van der Waals surface area (Å²) in [4.78, 5) is 4.66. The molecule has 0 saturated heterocycles. The molecule has 0 aliphatic heterocycles. The molecule has 0 fully saturated rings. The van der Waals surface area contributed by atoms with Crippen molar-refractivity contribution in [2.45, 2.75) is 0 Å². The van der Waals surface area contributed by atoms with E-state index < -0.39 is 0 Å². The zero-order valence-corrected chi connectivity index (χ0v) is 32.6. The van der Waals surface area contributed by atoms with Crippen molar-refractivity contribution in [2.75, 3.05) is 9.80 Å². The van der Waals surface area contributed by atoms with Crippen molar-refractivity contribution in [3.05, 3.63) is 206 Å². The van der Waals surface area contributed by atoms with Crippen LogP contribution in [0.1, 0.15) is 0 Å². The average molecular weight is 775 g/mol. The van der Waals surface area contributed by atoms with E-state index in [2.05, 4.69) is 204 Å². The van der Waals surface area contributed by atoms with Crippen molar-refractivity contribution < 1.29 is 8.83 Å². The number of hydrogen-bond donors (Lipinski definition) is 0. The standard InChI is InChI=1S/C54H34N2O2S/c1-3-12-37(13-4-1)55(38-14-5-2-6-15-38)39-16-11-17-40(32-39)56(41-25-29-54-48(33-41)46-19-8-10-21-53(46)59-54)42-24-27-45-47-30-35(23-28-50(47)58-52(45)34-42)36-22-26-44-43-18-7-9-20-49(43)57-51(44)31-36/h1-34H. The first-order valence-corrected chi connectivity index (χ1v) is 20.6. The Morgan fingerprint density at radius 3 is 1.58 bits per heavy atom. The van der Waals surface area contributed by atoms with Gasteiger partial charge in [0.15, 0.2) is 0 Å². The maximum atomic E-state index is 6.66. The summed E-state index contributed by atoms with van der Waals surface area (Å²) < 4.78 is 15.5. The lowest BCUT2D eigenvalue weighted by atomic mass is 10.0. The number of thiophene rings is 1. The van der Waals surface area contributed by atoms with Crippen LogP contribution in [0.5, 0.6) is 0 Å². The SMILES string of the molecule is c1ccc(N(c2ccccc2)c2cccc(N(c3ccc4c(c3)oc3ccc(-c5ccc6c(c5)oc5ccccc56)cc34)c3ccc4sc5ccccc5c4c3)c2)cc1. The van der Waals surface area contributed by atoms with Gasteiger partial charge in [0.05, 0.1) is 0 Å². The highest BCUT2D eigenvalue weighted by Crippen LogP contribution is 2.45. The molecule has 0 unspecified atom stereocenters. The van der Waals surface area contributed by atoms with Crippen molar-refractivity contribution in [1.82, 2.24) is 0 Å². The van der Waals surface area contributed by atoms with Crippen molar-refractivity contribution in [2.24, 2.45) is 0 Å². The smallest absolute Gasteiger partial charge is 0.137 e. The zero-order valence-electron chi connectivity index (χ0n) is 31.7. The minimum atomic E-state index is 0.834. The molecule has 0 amide bonds. The molecule has 12 rings (SSSR count). The highest BCUT2D eigenvalue weighted by Gasteiger charge is 2.20.